The van der Waals surface area contributed by atoms with E-state index in [4.69, 9.17) is 0 Å². The van der Waals surface area contributed by atoms with Crippen molar-refractivity contribution in [1.29, 1.82) is 0 Å². The molecule has 2 aliphatic carbocycles. The van der Waals surface area contributed by atoms with Crippen LogP contribution in [0, 0.1) is 24.2 Å². The molecule has 1 heteroatoms. The maximum Gasteiger partial charge on any atom is 0.00231 e. The predicted octanol–water partition coefficient (Wildman–Crippen LogP) is 4.94. The second-order valence-electron chi connectivity index (χ2n) is 7.82. The SMILES string of the molecule is C/C=C\C1([C@@H]2c3cc(C)ccc3[C@H]3CNCC[C@H]32)CC1/C=C/C. The van der Waals surface area contributed by atoms with Crippen molar-refractivity contribution in [3.8, 4) is 0 Å². The van der Waals surface area contributed by atoms with Crippen LogP contribution >= 0.6 is 0 Å². The maximum absolute atomic E-state index is 3.64. The third-order valence-corrected chi connectivity index (χ3v) is 6.52. The highest BCUT2D eigenvalue weighted by Gasteiger charge is 2.61. The van der Waals surface area contributed by atoms with Gasteiger partial charge in [-0.15, -0.1) is 0 Å². The number of hydrogen-bond donors (Lipinski definition) is 1. The molecule has 2 fully saturated rings. The fourth-order valence-corrected chi connectivity index (χ4v) is 5.60. The first-order chi connectivity index (χ1) is 11.2. The van der Waals surface area contributed by atoms with Gasteiger partial charge in [0.05, 0.1) is 0 Å². The van der Waals surface area contributed by atoms with Crippen molar-refractivity contribution < 1.29 is 0 Å². The van der Waals surface area contributed by atoms with E-state index in [0.29, 0.717) is 11.3 Å². The molecule has 1 nitrogen and oxygen atoms in total. The van der Waals surface area contributed by atoms with Crippen LogP contribution in [0.2, 0.25) is 0 Å². The number of piperidine rings is 1. The Morgan fingerprint density at radius 2 is 2.04 bits per heavy atom. The Balaban J connectivity index is 1.82. The van der Waals surface area contributed by atoms with Gasteiger partial charge >= 0.3 is 0 Å². The standard InChI is InChI=1S/C22H29N/c1-4-6-16-13-22(16,10-5-2)21-18-9-11-23-14-20(18)17-8-7-15(3)12-19(17)21/h4-8,10,12,16,18,20-21,23H,9,11,13-14H2,1-3H3/b6-4+,10-5-/t16?,18-,20-,21+,22?/m1/s1. The number of rotatable bonds is 3. The molecule has 5 atom stereocenters. The maximum atomic E-state index is 3.64. The Labute approximate surface area is 140 Å². The lowest BCUT2D eigenvalue weighted by Crippen LogP contribution is -2.35. The Kier molecular flexibility index (Phi) is 3.72. The van der Waals surface area contributed by atoms with Crippen LogP contribution in [0.5, 0.6) is 0 Å². The average molecular weight is 307 g/mol. The highest BCUT2D eigenvalue weighted by molar-refractivity contribution is 5.48. The molecule has 1 N–H and O–H groups in total. The lowest BCUT2D eigenvalue weighted by atomic mass is 9.72. The highest BCUT2D eigenvalue weighted by Crippen LogP contribution is 2.69. The summed E-state index contributed by atoms with van der Waals surface area (Å²) in [4.78, 5) is 0. The largest absolute Gasteiger partial charge is 0.316 e. The van der Waals surface area contributed by atoms with Gasteiger partial charge in [0.1, 0.15) is 0 Å². The molecule has 1 heterocycles. The van der Waals surface area contributed by atoms with E-state index in [-0.39, 0.29) is 0 Å². The summed E-state index contributed by atoms with van der Waals surface area (Å²) in [7, 11) is 0. The van der Waals surface area contributed by atoms with Gasteiger partial charge in [0.2, 0.25) is 0 Å². The second-order valence-corrected chi connectivity index (χ2v) is 7.82. The summed E-state index contributed by atoms with van der Waals surface area (Å²) < 4.78 is 0. The van der Waals surface area contributed by atoms with Crippen molar-refractivity contribution in [3.05, 3.63) is 59.2 Å². The summed E-state index contributed by atoms with van der Waals surface area (Å²) in [6, 6.07) is 7.23. The minimum atomic E-state index is 0.376. The third kappa shape index (κ3) is 2.24. The average Bonchev–Trinajstić information content (AvgIpc) is 3.12. The van der Waals surface area contributed by atoms with Crippen LogP contribution < -0.4 is 5.32 Å². The summed E-state index contributed by atoms with van der Waals surface area (Å²) in [5.74, 6) is 2.98. The molecule has 1 saturated heterocycles. The number of allylic oxidation sites excluding steroid dienone is 4. The summed E-state index contributed by atoms with van der Waals surface area (Å²) in [6.45, 7) is 8.95. The van der Waals surface area contributed by atoms with Crippen LogP contribution in [0.25, 0.3) is 0 Å². The predicted molar refractivity (Wildman–Crippen MR) is 97.8 cm³/mol. The van der Waals surface area contributed by atoms with Crippen molar-refractivity contribution in [2.75, 3.05) is 13.1 Å². The molecule has 0 radical (unpaired) electrons. The van der Waals surface area contributed by atoms with Crippen molar-refractivity contribution in [3.63, 3.8) is 0 Å². The summed E-state index contributed by atoms with van der Waals surface area (Å²) in [5.41, 5.74) is 5.08. The first-order valence-electron chi connectivity index (χ1n) is 9.29. The van der Waals surface area contributed by atoms with Crippen molar-refractivity contribution in [1.82, 2.24) is 5.32 Å². The number of fused-ring (bicyclic) bond motifs is 3. The van der Waals surface area contributed by atoms with Gasteiger partial charge in [-0.05, 0) is 69.0 Å². The molecule has 0 amide bonds. The van der Waals surface area contributed by atoms with Crippen LogP contribution in [0.1, 0.15) is 55.2 Å². The number of hydrogen-bond acceptors (Lipinski definition) is 1. The van der Waals surface area contributed by atoms with Gasteiger partial charge in [-0.1, -0.05) is 48.1 Å². The zero-order valence-electron chi connectivity index (χ0n) is 14.7. The van der Waals surface area contributed by atoms with Crippen molar-refractivity contribution in [2.45, 2.75) is 45.4 Å². The van der Waals surface area contributed by atoms with Crippen LogP contribution in [-0.2, 0) is 0 Å². The van der Waals surface area contributed by atoms with E-state index in [1.54, 1.807) is 11.1 Å². The summed E-state index contributed by atoms with van der Waals surface area (Å²) in [5, 5.41) is 3.64. The van der Waals surface area contributed by atoms with Gasteiger partial charge in [0, 0.05) is 17.9 Å². The molecule has 3 aliphatic rings. The quantitative estimate of drug-likeness (QED) is 0.780. The van der Waals surface area contributed by atoms with E-state index >= 15 is 0 Å². The fraction of sp³-hybridized carbons (Fsp3) is 0.545. The van der Waals surface area contributed by atoms with E-state index in [9.17, 15) is 0 Å². The first-order valence-corrected chi connectivity index (χ1v) is 9.29. The van der Waals surface area contributed by atoms with Gasteiger partial charge in [-0.25, -0.2) is 0 Å². The van der Waals surface area contributed by atoms with Gasteiger partial charge in [-0.2, -0.15) is 0 Å². The molecule has 1 saturated carbocycles. The van der Waals surface area contributed by atoms with Gasteiger partial charge < -0.3 is 5.32 Å². The first kappa shape index (κ1) is 15.2. The molecule has 0 bridgehead atoms. The molecule has 1 aliphatic heterocycles. The zero-order valence-corrected chi connectivity index (χ0v) is 14.7. The monoisotopic (exact) mass is 307 g/mol. The van der Waals surface area contributed by atoms with Crippen molar-refractivity contribution >= 4 is 0 Å². The van der Waals surface area contributed by atoms with E-state index in [2.05, 4.69) is 68.6 Å². The highest BCUT2D eigenvalue weighted by atomic mass is 14.9. The molecule has 4 rings (SSSR count). The lowest BCUT2D eigenvalue weighted by Gasteiger charge is -2.34. The molecule has 0 aromatic heterocycles. The Bertz CT molecular complexity index is 656. The van der Waals surface area contributed by atoms with Crippen LogP contribution in [-0.4, -0.2) is 13.1 Å². The van der Waals surface area contributed by atoms with E-state index in [1.165, 1.54) is 24.9 Å². The molecule has 1 aromatic rings. The number of nitrogens with one attached hydrogen (secondary N) is 1. The topological polar surface area (TPSA) is 12.0 Å². The minimum absolute atomic E-state index is 0.376. The van der Waals surface area contributed by atoms with Gasteiger partial charge in [0.15, 0.2) is 0 Å². The molecule has 0 spiro atoms. The molecule has 2 unspecified atom stereocenters. The second kappa shape index (κ2) is 5.63. The Morgan fingerprint density at radius 3 is 2.83 bits per heavy atom. The van der Waals surface area contributed by atoms with E-state index in [0.717, 1.165) is 24.3 Å². The fourth-order valence-electron chi connectivity index (χ4n) is 5.60. The zero-order chi connectivity index (χ0) is 16.0. The molecular weight excluding hydrogens is 278 g/mol. The molecule has 122 valence electrons. The summed E-state index contributed by atoms with van der Waals surface area (Å²) >= 11 is 0. The normalized spacial score (nSPS) is 38.9. The van der Waals surface area contributed by atoms with Gasteiger partial charge in [-0.3, -0.25) is 0 Å². The van der Waals surface area contributed by atoms with Crippen LogP contribution in [0.15, 0.2) is 42.5 Å². The Morgan fingerprint density at radius 1 is 1.17 bits per heavy atom. The van der Waals surface area contributed by atoms with E-state index in [1.807, 2.05) is 0 Å². The summed E-state index contributed by atoms with van der Waals surface area (Å²) in [6.07, 6.45) is 12.2. The van der Waals surface area contributed by atoms with E-state index < -0.39 is 0 Å². The molecule has 23 heavy (non-hydrogen) atoms. The number of aryl methyl sites for hydroxylation is 1. The Hall–Kier alpha value is -1.34. The van der Waals surface area contributed by atoms with Crippen LogP contribution in [0.4, 0.5) is 0 Å². The molecule has 1 aromatic carbocycles. The van der Waals surface area contributed by atoms with Crippen LogP contribution in [0.3, 0.4) is 0 Å². The smallest absolute Gasteiger partial charge is 0.00231 e. The minimum Gasteiger partial charge on any atom is -0.316 e. The number of benzene rings is 1. The molecular formula is C22H29N. The third-order valence-electron chi connectivity index (χ3n) is 6.52. The van der Waals surface area contributed by atoms with Crippen molar-refractivity contribution in [2.24, 2.45) is 17.3 Å². The lowest BCUT2D eigenvalue weighted by molar-refractivity contribution is 0.255. The van der Waals surface area contributed by atoms with Gasteiger partial charge in [0.25, 0.3) is 0 Å².